The first-order chi connectivity index (χ1) is 31.7. The standard InChI is InChI=1S/C57H32N4O3/c1-2-12-33(13-3-1)55-58-56(35-24-27-41-40-16-6-9-21-47(40)63-51(41)31-35)60-57(59-55)43-18-11-23-50-54(43)44-30-34(25-29-48(44)62-50)37-17-10-22-49-53(37)42-28-26-36(32-52(42)64-49)61-45-19-7-4-14-38(45)39-15-5-8-20-46(39)61/h1-32H. The molecule has 0 aliphatic heterocycles. The van der Waals surface area contributed by atoms with E-state index in [1.807, 2.05) is 66.7 Å². The normalized spacial score (nSPS) is 12.1. The molecule has 0 amide bonds. The van der Waals surface area contributed by atoms with E-state index >= 15 is 0 Å². The van der Waals surface area contributed by atoms with Crippen LogP contribution < -0.4 is 0 Å². The minimum absolute atomic E-state index is 0.550. The highest BCUT2D eigenvalue weighted by Gasteiger charge is 2.21. The molecule has 0 radical (unpaired) electrons. The van der Waals surface area contributed by atoms with Crippen LogP contribution in [0.25, 0.3) is 139 Å². The van der Waals surface area contributed by atoms with Gasteiger partial charge in [0.05, 0.1) is 11.0 Å². The molecular formula is C57H32N4O3. The van der Waals surface area contributed by atoms with Crippen LogP contribution in [0.3, 0.4) is 0 Å². The molecule has 0 spiro atoms. The zero-order valence-corrected chi connectivity index (χ0v) is 34.0. The molecule has 9 aromatic carbocycles. The predicted octanol–water partition coefficient (Wildman–Crippen LogP) is 15.3. The van der Waals surface area contributed by atoms with Gasteiger partial charge in [0.2, 0.25) is 0 Å². The maximum atomic E-state index is 6.67. The average molecular weight is 821 g/mol. The van der Waals surface area contributed by atoms with Crippen LogP contribution in [0.5, 0.6) is 0 Å². The monoisotopic (exact) mass is 820 g/mol. The Bertz CT molecular complexity index is 4160. The first-order valence-electron chi connectivity index (χ1n) is 21.3. The molecule has 0 fully saturated rings. The fourth-order valence-corrected chi connectivity index (χ4v) is 9.78. The van der Waals surface area contributed by atoms with Gasteiger partial charge in [-0.05, 0) is 77.9 Å². The molecule has 0 atom stereocenters. The van der Waals surface area contributed by atoms with Crippen molar-refractivity contribution in [3.8, 4) is 51.0 Å². The predicted molar refractivity (Wildman–Crippen MR) is 258 cm³/mol. The van der Waals surface area contributed by atoms with Crippen molar-refractivity contribution >= 4 is 87.6 Å². The van der Waals surface area contributed by atoms with Gasteiger partial charge in [-0.1, -0.05) is 121 Å². The van der Waals surface area contributed by atoms with Crippen molar-refractivity contribution in [3.63, 3.8) is 0 Å². The van der Waals surface area contributed by atoms with Crippen molar-refractivity contribution in [2.75, 3.05) is 0 Å². The van der Waals surface area contributed by atoms with E-state index in [0.29, 0.717) is 17.5 Å². The van der Waals surface area contributed by atoms with E-state index in [2.05, 4.69) is 132 Å². The van der Waals surface area contributed by atoms with Crippen molar-refractivity contribution in [2.24, 2.45) is 0 Å². The Hall–Kier alpha value is -8.81. The number of furan rings is 3. The number of nitrogens with zero attached hydrogens (tertiary/aromatic N) is 4. The molecule has 5 aromatic heterocycles. The highest BCUT2D eigenvalue weighted by Crippen LogP contribution is 2.43. The average Bonchev–Trinajstić information content (AvgIpc) is 4.12. The zero-order chi connectivity index (χ0) is 41.9. The number of para-hydroxylation sites is 3. The first-order valence-corrected chi connectivity index (χ1v) is 21.3. The lowest BCUT2D eigenvalue weighted by Gasteiger charge is -2.09. The van der Waals surface area contributed by atoms with Gasteiger partial charge in [-0.3, -0.25) is 0 Å². The number of aromatic nitrogens is 4. The molecule has 5 heterocycles. The smallest absolute Gasteiger partial charge is 0.164 e. The fourth-order valence-electron chi connectivity index (χ4n) is 9.78. The second-order valence-electron chi connectivity index (χ2n) is 16.3. The minimum atomic E-state index is 0.550. The minimum Gasteiger partial charge on any atom is -0.456 e. The summed E-state index contributed by atoms with van der Waals surface area (Å²) in [7, 11) is 0. The van der Waals surface area contributed by atoms with Crippen molar-refractivity contribution in [2.45, 2.75) is 0 Å². The van der Waals surface area contributed by atoms with E-state index in [4.69, 9.17) is 28.2 Å². The molecule has 7 nitrogen and oxygen atoms in total. The van der Waals surface area contributed by atoms with Crippen LogP contribution in [0, 0.1) is 0 Å². The quantitative estimate of drug-likeness (QED) is 0.172. The van der Waals surface area contributed by atoms with Gasteiger partial charge in [0, 0.05) is 71.5 Å². The maximum absolute atomic E-state index is 6.67. The summed E-state index contributed by atoms with van der Waals surface area (Å²) in [6.45, 7) is 0. The molecule has 0 unspecified atom stereocenters. The third-order valence-electron chi connectivity index (χ3n) is 12.7. The van der Waals surface area contributed by atoms with Gasteiger partial charge in [-0.25, -0.2) is 15.0 Å². The third kappa shape index (κ3) is 5.18. The Kier molecular flexibility index (Phi) is 7.27. The van der Waals surface area contributed by atoms with Crippen molar-refractivity contribution in [3.05, 3.63) is 194 Å². The van der Waals surface area contributed by atoms with Crippen molar-refractivity contribution in [1.82, 2.24) is 19.5 Å². The summed E-state index contributed by atoms with van der Waals surface area (Å²) in [5.41, 5.74) is 12.9. The highest BCUT2D eigenvalue weighted by molar-refractivity contribution is 6.17. The Morgan fingerprint density at radius 1 is 0.297 bits per heavy atom. The summed E-state index contributed by atoms with van der Waals surface area (Å²) >= 11 is 0. The summed E-state index contributed by atoms with van der Waals surface area (Å²) in [5, 5.41) is 8.59. The largest absolute Gasteiger partial charge is 0.456 e. The third-order valence-corrected chi connectivity index (χ3v) is 12.7. The molecule has 298 valence electrons. The van der Waals surface area contributed by atoms with Gasteiger partial charge < -0.3 is 17.8 Å². The summed E-state index contributed by atoms with van der Waals surface area (Å²) in [4.78, 5) is 15.4. The molecular weight excluding hydrogens is 789 g/mol. The van der Waals surface area contributed by atoms with Crippen molar-refractivity contribution < 1.29 is 13.3 Å². The van der Waals surface area contributed by atoms with Crippen molar-refractivity contribution in [1.29, 1.82) is 0 Å². The second kappa shape index (κ2) is 13.3. The van der Waals surface area contributed by atoms with Crippen LogP contribution in [-0.4, -0.2) is 19.5 Å². The Balaban J connectivity index is 0.929. The topological polar surface area (TPSA) is 83.0 Å². The molecule has 0 saturated carbocycles. The number of hydrogen-bond donors (Lipinski definition) is 0. The van der Waals surface area contributed by atoms with Crippen LogP contribution >= 0.6 is 0 Å². The van der Waals surface area contributed by atoms with Gasteiger partial charge in [0.1, 0.15) is 33.5 Å². The zero-order valence-electron chi connectivity index (χ0n) is 34.0. The van der Waals surface area contributed by atoms with Gasteiger partial charge in [-0.2, -0.15) is 0 Å². The lowest BCUT2D eigenvalue weighted by atomic mass is 9.97. The van der Waals surface area contributed by atoms with Gasteiger partial charge in [0.25, 0.3) is 0 Å². The molecule has 14 rings (SSSR count). The number of rotatable bonds is 5. The second-order valence-corrected chi connectivity index (χ2v) is 16.3. The van der Waals surface area contributed by atoms with Crippen LogP contribution in [0.2, 0.25) is 0 Å². The Morgan fingerprint density at radius 3 is 1.64 bits per heavy atom. The lowest BCUT2D eigenvalue weighted by molar-refractivity contribution is 0.668. The molecule has 0 aliphatic carbocycles. The summed E-state index contributed by atoms with van der Waals surface area (Å²) < 4.78 is 21.8. The SMILES string of the molecule is c1ccc(-c2nc(-c3ccc4c(c3)oc3ccccc34)nc(-c3cccc4oc5ccc(-c6cccc7oc8cc(-n9c%10ccccc%10c%10ccccc%109)ccc8c67)cc5c34)n2)cc1. The van der Waals surface area contributed by atoms with Gasteiger partial charge in [0.15, 0.2) is 17.5 Å². The highest BCUT2D eigenvalue weighted by atomic mass is 16.3. The molecule has 0 bridgehead atoms. The number of hydrogen-bond acceptors (Lipinski definition) is 6. The molecule has 0 aliphatic rings. The van der Waals surface area contributed by atoms with E-state index in [9.17, 15) is 0 Å². The van der Waals surface area contributed by atoms with E-state index in [-0.39, 0.29) is 0 Å². The Labute approximate surface area is 364 Å². The molecule has 7 heteroatoms. The first kappa shape index (κ1) is 34.9. The van der Waals surface area contributed by atoms with E-state index in [1.165, 1.54) is 10.8 Å². The van der Waals surface area contributed by atoms with E-state index < -0.39 is 0 Å². The van der Waals surface area contributed by atoms with Crippen LogP contribution in [0.4, 0.5) is 0 Å². The lowest BCUT2D eigenvalue weighted by Crippen LogP contribution is -2.00. The Morgan fingerprint density at radius 2 is 0.844 bits per heavy atom. The summed E-state index contributed by atoms with van der Waals surface area (Å²) in [6.07, 6.45) is 0. The summed E-state index contributed by atoms with van der Waals surface area (Å²) in [6, 6.07) is 66.8. The maximum Gasteiger partial charge on any atom is 0.164 e. The molecule has 64 heavy (non-hydrogen) atoms. The number of fused-ring (bicyclic) bond motifs is 12. The van der Waals surface area contributed by atoms with E-state index in [1.54, 1.807) is 0 Å². The number of benzene rings is 9. The molecule has 0 saturated heterocycles. The van der Waals surface area contributed by atoms with Gasteiger partial charge in [-0.15, -0.1) is 0 Å². The van der Waals surface area contributed by atoms with Gasteiger partial charge >= 0.3 is 0 Å². The van der Waals surface area contributed by atoms with Crippen LogP contribution in [-0.2, 0) is 0 Å². The van der Waals surface area contributed by atoms with Crippen LogP contribution in [0.1, 0.15) is 0 Å². The van der Waals surface area contributed by atoms with Crippen LogP contribution in [0.15, 0.2) is 207 Å². The molecule has 14 aromatic rings. The summed E-state index contributed by atoms with van der Waals surface area (Å²) in [5.74, 6) is 1.68. The molecule has 0 N–H and O–H groups in total. The van der Waals surface area contributed by atoms with E-state index in [0.717, 1.165) is 110 Å². The fraction of sp³-hybridized carbons (Fsp3) is 0.